The lowest BCUT2D eigenvalue weighted by atomic mass is 10.4. The molecule has 0 amide bonds. The van der Waals surface area contributed by atoms with Gasteiger partial charge in [-0.15, -0.1) is 0 Å². The summed E-state index contributed by atoms with van der Waals surface area (Å²) in [6, 6.07) is 0. The second-order valence-corrected chi connectivity index (χ2v) is 2.74. The molecule has 1 heterocycles. The van der Waals surface area contributed by atoms with Crippen LogP contribution < -0.4 is 0 Å². The van der Waals surface area contributed by atoms with Crippen LogP contribution in [-0.2, 0) is 0 Å². The van der Waals surface area contributed by atoms with E-state index in [2.05, 4.69) is 32.8 Å². The lowest BCUT2D eigenvalue weighted by molar-refractivity contribution is 0.111. The minimum absolute atomic E-state index is 0.494. The van der Waals surface area contributed by atoms with Crippen LogP contribution in [0.1, 0.15) is 16.2 Å². The Morgan fingerprint density at radius 1 is 1.78 bits per heavy atom. The smallest absolute Gasteiger partial charge is 0.171 e. The number of nitrogens with zero attached hydrogens (tertiary/aromatic N) is 1. The number of halogens is 1. The van der Waals surface area contributed by atoms with Crippen molar-refractivity contribution in [1.82, 2.24) is 10.2 Å². The molecule has 9 heavy (non-hydrogen) atoms. The largest absolute Gasteiger partial charge is 0.296 e. The van der Waals surface area contributed by atoms with Gasteiger partial charge in [0, 0.05) is 5.69 Å². The average molecular weight is 236 g/mol. The summed E-state index contributed by atoms with van der Waals surface area (Å²) in [6.45, 7) is 1.88. The third-order valence-corrected chi connectivity index (χ3v) is 2.37. The molecule has 48 valence electrons. The van der Waals surface area contributed by atoms with Gasteiger partial charge in [-0.3, -0.25) is 9.89 Å². The van der Waals surface area contributed by atoms with Gasteiger partial charge in [-0.05, 0) is 29.5 Å². The molecule has 0 atom stereocenters. The Morgan fingerprint density at radius 3 is 2.67 bits per heavy atom. The Morgan fingerprint density at radius 2 is 2.44 bits per heavy atom. The van der Waals surface area contributed by atoms with Crippen molar-refractivity contribution in [2.45, 2.75) is 6.92 Å². The van der Waals surface area contributed by atoms with Gasteiger partial charge >= 0.3 is 0 Å². The predicted molar refractivity (Wildman–Crippen MR) is 41.4 cm³/mol. The minimum atomic E-state index is 0.494. The van der Waals surface area contributed by atoms with Gasteiger partial charge in [0.1, 0.15) is 5.69 Å². The van der Waals surface area contributed by atoms with E-state index in [9.17, 15) is 4.79 Å². The molecule has 0 fully saturated rings. The van der Waals surface area contributed by atoms with Gasteiger partial charge in [0.2, 0.25) is 0 Å². The predicted octanol–water partition coefficient (Wildman–Crippen LogP) is 1.14. The van der Waals surface area contributed by atoms with Crippen molar-refractivity contribution < 1.29 is 4.79 Å². The molecule has 4 heteroatoms. The fourth-order valence-corrected chi connectivity index (χ4v) is 0.881. The fourth-order valence-electron chi connectivity index (χ4n) is 0.512. The summed E-state index contributed by atoms with van der Waals surface area (Å²) in [6.07, 6.45) is 0.741. The molecule has 0 radical (unpaired) electrons. The van der Waals surface area contributed by atoms with E-state index in [0.717, 1.165) is 15.6 Å². The molecule has 0 spiro atoms. The Bertz CT molecular complexity index is 231. The summed E-state index contributed by atoms with van der Waals surface area (Å²) in [5.74, 6) is 0. The summed E-state index contributed by atoms with van der Waals surface area (Å²) in [4.78, 5) is 10.2. The molecule has 0 saturated heterocycles. The van der Waals surface area contributed by atoms with E-state index in [0.29, 0.717) is 5.69 Å². The van der Waals surface area contributed by atoms with Crippen LogP contribution in [0.15, 0.2) is 0 Å². The highest BCUT2D eigenvalue weighted by Crippen LogP contribution is 2.10. The van der Waals surface area contributed by atoms with E-state index >= 15 is 0 Å². The fraction of sp³-hybridized carbons (Fsp3) is 0.200. The molecule has 1 aromatic heterocycles. The number of carbonyl (C=O) groups excluding carboxylic acids is 1. The summed E-state index contributed by atoms with van der Waals surface area (Å²) < 4.78 is 0.905. The first-order chi connectivity index (χ1) is 4.25. The van der Waals surface area contributed by atoms with Crippen LogP contribution in [0.4, 0.5) is 0 Å². The van der Waals surface area contributed by atoms with E-state index in [4.69, 9.17) is 0 Å². The summed E-state index contributed by atoms with van der Waals surface area (Å²) >= 11 is 2.08. The van der Waals surface area contributed by atoms with Crippen LogP contribution in [0.3, 0.4) is 0 Å². The van der Waals surface area contributed by atoms with Crippen LogP contribution in [0, 0.1) is 10.5 Å². The Hall–Kier alpha value is -0.390. The van der Waals surface area contributed by atoms with E-state index in [1.54, 1.807) is 0 Å². The zero-order valence-corrected chi connectivity index (χ0v) is 6.97. The first-order valence-electron chi connectivity index (χ1n) is 2.41. The average Bonchev–Trinajstić information content (AvgIpc) is 2.15. The number of aromatic amines is 1. The van der Waals surface area contributed by atoms with Crippen LogP contribution >= 0.6 is 22.6 Å². The molecular formula is C5H5IN2O. The quantitative estimate of drug-likeness (QED) is 0.586. The van der Waals surface area contributed by atoms with Crippen molar-refractivity contribution in [3.05, 3.63) is 15.0 Å². The molecule has 0 unspecified atom stereocenters. The maximum Gasteiger partial charge on any atom is 0.171 e. The summed E-state index contributed by atoms with van der Waals surface area (Å²) in [5, 5.41) is 6.43. The Labute approximate surface area is 66.0 Å². The van der Waals surface area contributed by atoms with Crippen molar-refractivity contribution in [1.29, 1.82) is 0 Å². The number of hydrogen-bond donors (Lipinski definition) is 1. The SMILES string of the molecule is Cc1[nH]nc(C=O)c1I. The normalized spacial score (nSPS) is 9.56. The van der Waals surface area contributed by atoms with Crippen molar-refractivity contribution in [2.75, 3.05) is 0 Å². The van der Waals surface area contributed by atoms with Crippen LogP contribution in [0.5, 0.6) is 0 Å². The Kier molecular flexibility index (Phi) is 1.84. The topological polar surface area (TPSA) is 45.8 Å². The van der Waals surface area contributed by atoms with E-state index < -0.39 is 0 Å². The van der Waals surface area contributed by atoms with Gasteiger partial charge in [-0.25, -0.2) is 0 Å². The monoisotopic (exact) mass is 236 g/mol. The molecule has 0 aliphatic rings. The third-order valence-electron chi connectivity index (χ3n) is 1.01. The second-order valence-electron chi connectivity index (χ2n) is 1.67. The number of aryl methyl sites for hydroxylation is 1. The van der Waals surface area contributed by atoms with Gasteiger partial charge in [0.15, 0.2) is 6.29 Å². The summed E-state index contributed by atoms with van der Waals surface area (Å²) in [7, 11) is 0. The molecule has 0 saturated carbocycles. The number of aldehydes is 1. The molecule has 0 aliphatic carbocycles. The van der Waals surface area contributed by atoms with E-state index in [1.807, 2.05) is 6.92 Å². The van der Waals surface area contributed by atoms with Gasteiger partial charge in [-0.2, -0.15) is 5.10 Å². The van der Waals surface area contributed by atoms with Gasteiger partial charge < -0.3 is 0 Å². The standard InChI is InChI=1S/C5H5IN2O/c1-3-5(6)4(2-9)8-7-3/h2H,1H3,(H,7,8). The number of nitrogens with one attached hydrogen (secondary N) is 1. The van der Waals surface area contributed by atoms with Crippen LogP contribution in [-0.4, -0.2) is 16.5 Å². The zero-order valence-electron chi connectivity index (χ0n) is 4.81. The number of H-pyrrole nitrogens is 1. The molecule has 1 rings (SSSR count). The lowest BCUT2D eigenvalue weighted by Gasteiger charge is -1.80. The highest BCUT2D eigenvalue weighted by atomic mass is 127. The molecule has 0 aliphatic heterocycles. The first-order valence-corrected chi connectivity index (χ1v) is 3.49. The lowest BCUT2D eigenvalue weighted by Crippen LogP contribution is -1.80. The van der Waals surface area contributed by atoms with Crippen molar-refractivity contribution in [2.24, 2.45) is 0 Å². The molecular weight excluding hydrogens is 231 g/mol. The minimum Gasteiger partial charge on any atom is -0.296 e. The van der Waals surface area contributed by atoms with Gasteiger partial charge in [-0.1, -0.05) is 0 Å². The summed E-state index contributed by atoms with van der Waals surface area (Å²) in [5.41, 5.74) is 1.44. The van der Waals surface area contributed by atoms with Crippen LogP contribution in [0.25, 0.3) is 0 Å². The van der Waals surface area contributed by atoms with Crippen molar-refractivity contribution >= 4 is 28.9 Å². The first kappa shape index (κ1) is 6.73. The van der Waals surface area contributed by atoms with E-state index in [-0.39, 0.29) is 0 Å². The molecule has 1 N–H and O–H groups in total. The number of rotatable bonds is 1. The van der Waals surface area contributed by atoms with Crippen LogP contribution in [0.2, 0.25) is 0 Å². The third kappa shape index (κ3) is 1.12. The zero-order chi connectivity index (χ0) is 6.85. The number of carbonyl (C=O) groups is 1. The van der Waals surface area contributed by atoms with Crippen molar-refractivity contribution in [3.63, 3.8) is 0 Å². The number of aromatic nitrogens is 2. The van der Waals surface area contributed by atoms with Gasteiger partial charge in [0.25, 0.3) is 0 Å². The molecule has 0 bridgehead atoms. The van der Waals surface area contributed by atoms with Gasteiger partial charge in [0.05, 0.1) is 3.57 Å². The number of hydrogen-bond acceptors (Lipinski definition) is 2. The highest BCUT2D eigenvalue weighted by molar-refractivity contribution is 14.1. The Balaban J connectivity index is 3.18. The van der Waals surface area contributed by atoms with Crippen molar-refractivity contribution in [3.8, 4) is 0 Å². The van der Waals surface area contributed by atoms with E-state index in [1.165, 1.54) is 0 Å². The second kappa shape index (κ2) is 2.47. The molecule has 1 aromatic rings. The molecule has 3 nitrogen and oxygen atoms in total. The molecule has 0 aromatic carbocycles. The maximum atomic E-state index is 10.2. The highest BCUT2D eigenvalue weighted by Gasteiger charge is 2.03. The maximum absolute atomic E-state index is 10.2.